The van der Waals surface area contributed by atoms with Crippen molar-refractivity contribution in [3.8, 4) is 0 Å². The number of nitrogens with zero attached hydrogens (tertiary/aromatic N) is 5. The summed E-state index contributed by atoms with van der Waals surface area (Å²) in [5.74, 6) is 2.42. The molecule has 3 heterocycles. The minimum atomic E-state index is 0.500. The van der Waals surface area contributed by atoms with E-state index in [-0.39, 0.29) is 0 Å². The Kier molecular flexibility index (Phi) is 4.13. The predicted octanol–water partition coefficient (Wildman–Crippen LogP) is 2.88. The molecular formula is C15H22ClN5. The summed E-state index contributed by atoms with van der Waals surface area (Å²) in [7, 11) is 1.88. The number of likely N-dealkylation sites (tertiary alicyclic amines) is 1. The van der Waals surface area contributed by atoms with Crippen LogP contribution in [0.2, 0.25) is 5.15 Å². The number of piperidine rings is 1. The van der Waals surface area contributed by atoms with Crippen LogP contribution in [0.25, 0.3) is 11.0 Å². The topological polar surface area (TPSA) is 46.8 Å². The summed E-state index contributed by atoms with van der Waals surface area (Å²) < 4.78 is 1.75. The first-order valence-electron chi connectivity index (χ1n) is 7.61. The Morgan fingerprint density at radius 2 is 2.00 bits per heavy atom. The predicted molar refractivity (Wildman–Crippen MR) is 84.2 cm³/mol. The molecule has 0 bridgehead atoms. The average molecular weight is 308 g/mol. The van der Waals surface area contributed by atoms with E-state index in [4.69, 9.17) is 11.6 Å². The van der Waals surface area contributed by atoms with Gasteiger partial charge in [-0.15, -0.1) is 0 Å². The van der Waals surface area contributed by atoms with Gasteiger partial charge in [0.25, 0.3) is 0 Å². The fourth-order valence-electron chi connectivity index (χ4n) is 3.08. The summed E-state index contributed by atoms with van der Waals surface area (Å²) in [6.45, 7) is 7.64. The molecule has 6 heteroatoms. The molecule has 2 aromatic rings. The van der Waals surface area contributed by atoms with Crippen LogP contribution in [0.1, 0.15) is 32.5 Å². The third-order valence-electron chi connectivity index (χ3n) is 4.53. The standard InChI is InChI=1S/C15H22ClN5/c1-10(2)11-4-6-21(7-5-11)9-13-18-14(16)12-8-17-20(3)15(12)19-13/h8,10-11H,4-7,9H2,1-3H3. The average Bonchev–Trinajstić information content (AvgIpc) is 2.82. The van der Waals surface area contributed by atoms with Crippen LogP contribution in [0.3, 0.4) is 0 Å². The van der Waals surface area contributed by atoms with Crippen LogP contribution in [0, 0.1) is 11.8 Å². The number of hydrogen-bond donors (Lipinski definition) is 0. The monoisotopic (exact) mass is 307 g/mol. The smallest absolute Gasteiger partial charge is 0.162 e. The molecule has 0 saturated carbocycles. The first-order valence-corrected chi connectivity index (χ1v) is 7.99. The van der Waals surface area contributed by atoms with Crippen LogP contribution < -0.4 is 0 Å². The molecule has 0 aliphatic carbocycles. The largest absolute Gasteiger partial charge is 0.296 e. The van der Waals surface area contributed by atoms with E-state index in [1.165, 1.54) is 12.8 Å². The lowest BCUT2D eigenvalue weighted by molar-refractivity contribution is 0.149. The molecule has 1 fully saturated rings. The number of fused-ring (bicyclic) bond motifs is 1. The van der Waals surface area contributed by atoms with Gasteiger partial charge in [0, 0.05) is 7.05 Å². The van der Waals surface area contributed by atoms with Crippen molar-refractivity contribution in [2.45, 2.75) is 33.2 Å². The quantitative estimate of drug-likeness (QED) is 0.818. The van der Waals surface area contributed by atoms with Crippen molar-refractivity contribution in [2.24, 2.45) is 18.9 Å². The van der Waals surface area contributed by atoms with Crippen molar-refractivity contribution in [3.63, 3.8) is 0 Å². The van der Waals surface area contributed by atoms with Crippen molar-refractivity contribution >= 4 is 22.6 Å². The summed E-state index contributed by atoms with van der Waals surface area (Å²) in [6, 6.07) is 0. The van der Waals surface area contributed by atoms with Crippen LogP contribution in [-0.4, -0.2) is 37.7 Å². The Morgan fingerprint density at radius 1 is 1.29 bits per heavy atom. The number of rotatable bonds is 3. The normalized spacial score (nSPS) is 18.0. The van der Waals surface area contributed by atoms with Crippen LogP contribution >= 0.6 is 11.6 Å². The maximum Gasteiger partial charge on any atom is 0.162 e. The summed E-state index contributed by atoms with van der Waals surface area (Å²) in [5.41, 5.74) is 0.807. The van der Waals surface area contributed by atoms with Gasteiger partial charge in [0.1, 0.15) is 11.0 Å². The van der Waals surface area contributed by atoms with Crippen LogP contribution in [0.4, 0.5) is 0 Å². The highest BCUT2D eigenvalue weighted by Crippen LogP contribution is 2.25. The van der Waals surface area contributed by atoms with Gasteiger partial charge in [-0.05, 0) is 37.8 Å². The molecule has 0 N–H and O–H groups in total. The van der Waals surface area contributed by atoms with E-state index in [0.29, 0.717) is 5.15 Å². The van der Waals surface area contributed by atoms with Gasteiger partial charge in [-0.1, -0.05) is 25.4 Å². The zero-order valence-electron chi connectivity index (χ0n) is 12.9. The summed E-state index contributed by atoms with van der Waals surface area (Å²) in [5, 5.41) is 5.51. The summed E-state index contributed by atoms with van der Waals surface area (Å²) >= 11 is 6.23. The van der Waals surface area contributed by atoms with Crippen molar-refractivity contribution in [3.05, 3.63) is 17.2 Å². The van der Waals surface area contributed by atoms with E-state index in [1.54, 1.807) is 10.9 Å². The van der Waals surface area contributed by atoms with Gasteiger partial charge in [0.15, 0.2) is 5.65 Å². The van der Waals surface area contributed by atoms with E-state index in [9.17, 15) is 0 Å². The van der Waals surface area contributed by atoms with Crippen molar-refractivity contribution < 1.29 is 0 Å². The molecule has 2 aromatic heterocycles. The first kappa shape index (κ1) is 14.7. The summed E-state index contributed by atoms with van der Waals surface area (Å²) in [4.78, 5) is 11.5. The molecule has 0 amide bonds. The highest BCUT2D eigenvalue weighted by atomic mass is 35.5. The fraction of sp³-hybridized carbons (Fsp3) is 0.667. The van der Waals surface area contributed by atoms with Crippen molar-refractivity contribution in [2.75, 3.05) is 13.1 Å². The number of aryl methyl sites for hydroxylation is 1. The fourth-order valence-corrected chi connectivity index (χ4v) is 3.31. The Bertz CT molecular complexity index is 628. The van der Waals surface area contributed by atoms with Gasteiger partial charge in [0.05, 0.1) is 18.1 Å². The molecule has 3 rings (SSSR count). The number of aromatic nitrogens is 4. The van der Waals surface area contributed by atoms with E-state index >= 15 is 0 Å². The molecule has 114 valence electrons. The highest BCUT2D eigenvalue weighted by molar-refractivity contribution is 6.33. The minimum absolute atomic E-state index is 0.500. The third-order valence-corrected chi connectivity index (χ3v) is 4.82. The second-order valence-electron chi connectivity index (χ2n) is 6.29. The van der Waals surface area contributed by atoms with Crippen LogP contribution in [0.15, 0.2) is 6.20 Å². The second-order valence-corrected chi connectivity index (χ2v) is 6.65. The van der Waals surface area contributed by atoms with Gasteiger partial charge in [0.2, 0.25) is 0 Å². The van der Waals surface area contributed by atoms with Crippen LogP contribution in [0.5, 0.6) is 0 Å². The Morgan fingerprint density at radius 3 is 2.67 bits per heavy atom. The van der Waals surface area contributed by atoms with Gasteiger partial charge >= 0.3 is 0 Å². The highest BCUT2D eigenvalue weighted by Gasteiger charge is 2.22. The van der Waals surface area contributed by atoms with Crippen LogP contribution in [-0.2, 0) is 13.6 Å². The molecule has 0 atom stereocenters. The lowest BCUT2D eigenvalue weighted by atomic mass is 9.87. The maximum atomic E-state index is 6.23. The zero-order chi connectivity index (χ0) is 15.0. The van der Waals surface area contributed by atoms with Gasteiger partial charge in [-0.3, -0.25) is 9.58 Å². The van der Waals surface area contributed by atoms with E-state index in [1.807, 2.05) is 7.05 Å². The zero-order valence-corrected chi connectivity index (χ0v) is 13.6. The SMILES string of the molecule is CC(C)C1CCN(Cc2nc(Cl)c3cnn(C)c3n2)CC1. The Hall–Kier alpha value is -1.20. The summed E-state index contributed by atoms with van der Waals surface area (Å²) in [6.07, 6.45) is 4.24. The van der Waals surface area contributed by atoms with Crippen molar-refractivity contribution in [1.82, 2.24) is 24.6 Å². The third kappa shape index (κ3) is 3.04. The molecule has 21 heavy (non-hydrogen) atoms. The Labute approximate surface area is 130 Å². The maximum absolute atomic E-state index is 6.23. The lowest BCUT2D eigenvalue weighted by Gasteiger charge is -2.33. The number of hydrogen-bond acceptors (Lipinski definition) is 4. The van der Waals surface area contributed by atoms with Gasteiger partial charge in [-0.2, -0.15) is 5.10 Å². The number of halogens is 1. The van der Waals surface area contributed by atoms with E-state index in [2.05, 4.69) is 33.8 Å². The molecule has 0 spiro atoms. The molecular weight excluding hydrogens is 286 g/mol. The van der Waals surface area contributed by atoms with Crippen molar-refractivity contribution in [1.29, 1.82) is 0 Å². The molecule has 1 aliphatic heterocycles. The first-order chi connectivity index (χ1) is 10.0. The van der Waals surface area contributed by atoms with Gasteiger partial charge < -0.3 is 0 Å². The molecule has 1 saturated heterocycles. The van der Waals surface area contributed by atoms with Gasteiger partial charge in [-0.25, -0.2) is 9.97 Å². The van der Waals surface area contributed by atoms with E-state index < -0.39 is 0 Å². The second kappa shape index (κ2) is 5.89. The molecule has 0 radical (unpaired) electrons. The molecule has 0 aromatic carbocycles. The molecule has 1 aliphatic rings. The lowest BCUT2D eigenvalue weighted by Crippen LogP contribution is -2.35. The van der Waals surface area contributed by atoms with E-state index in [0.717, 1.165) is 48.3 Å². The minimum Gasteiger partial charge on any atom is -0.296 e. The molecule has 5 nitrogen and oxygen atoms in total. The Balaban J connectivity index is 1.72. The molecule has 0 unspecified atom stereocenters.